The number of rotatable bonds is 6. The summed E-state index contributed by atoms with van der Waals surface area (Å²) in [6.07, 6.45) is -3.58. The molecule has 0 saturated heterocycles. The Balaban J connectivity index is 1.46. The number of hydrogen-bond acceptors (Lipinski definition) is 6. The number of anilines is 2. The van der Waals surface area contributed by atoms with E-state index in [1.54, 1.807) is 0 Å². The molecule has 0 radical (unpaired) electrons. The van der Waals surface area contributed by atoms with Crippen molar-refractivity contribution in [3.63, 3.8) is 0 Å². The molecule has 0 aliphatic heterocycles. The van der Waals surface area contributed by atoms with Gasteiger partial charge in [0.25, 0.3) is 0 Å². The Hall–Kier alpha value is -4.36. The number of amides is 4. The molecular formula is C23H16Cl2F3N5O5. The van der Waals surface area contributed by atoms with Gasteiger partial charge in [0.15, 0.2) is 0 Å². The zero-order chi connectivity index (χ0) is 27.9. The fraction of sp³-hybridized carbons (Fsp3) is 0.0870. The number of hydrazone groups is 1. The van der Waals surface area contributed by atoms with E-state index in [4.69, 9.17) is 27.6 Å². The van der Waals surface area contributed by atoms with Crippen molar-refractivity contribution in [2.45, 2.75) is 12.7 Å². The van der Waals surface area contributed by atoms with E-state index in [2.05, 4.69) is 15.7 Å². The Morgan fingerprint density at radius 2 is 1.50 bits per heavy atom. The van der Waals surface area contributed by atoms with E-state index in [9.17, 15) is 32.3 Å². The molecule has 0 saturated carbocycles. The maximum atomic E-state index is 12.8. The number of benzene rings is 2. The quantitative estimate of drug-likeness (QED) is 0.202. The van der Waals surface area contributed by atoms with Crippen LogP contribution in [-0.2, 0) is 31.9 Å². The van der Waals surface area contributed by atoms with Crippen molar-refractivity contribution in [1.82, 2.24) is 10.7 Å². The number of alkyl halides is 3. The molecule has 4 N–H and O–H groups in total. The second kappa shape index (κ2) is 12.3. The monoisotopic (exact) mass is 569 g/mol. The number of furan rings is 1. The van der Waals surface area contributed by atoms with Crippen molar-refractivity contribution >= 4 is 64.4 Å². The first-order valence-electron chi connectivity index (χ1n) is 10.4. The summed E-state index contributed by atoms with van der Waals surface area (Å²) < 4.78 is 43.6. The fourth-order valence-electron chi connectivity index (χ4n) is 2.79. The fourth-order valence-corrected chi connectivity index (χ4v) is 3.31. The third kappa shape index (κ3) is 8.35. The maximum Gasteiger partial charge on any atom is 0.416 e. The average Bonchev–Trinajstić information content (AvgIpc) is 3.29. The third-order valence-corrected chi connectivity index (χ3v) is 4.88. The van der Waals surface area contributed by atoms with Crippen molar-refractivity contribution in [2.75, 3.05) is 10.6 Å². The van der Waals surface area contributed by atoms with Gasteiger partial charge in [-0.25, -0.2) is 5.43 Å². The molecule has 15 heteroatoms. The minimum atomic E-state index is -4.61. The average molecular weight is 570 g/mol. The van der Waals surface area contributed by atoms with Crippen LogP contribution in [-0.4, -0.2) is 29.8 Å². The summed E-state index contributed by atoms with van der Waals surface area (Å²) in [5.41, 5.74) is 0.898. The largest absolute Gasteiger partial charge is 0.458 e. The minimum absolute atomic E-state index is 0.117. The molecule has 0 aliphatic rings. The van der Waals surface area contributed by atoms with E-state index in [0.29, 0.717) is 6.07 Å². The van der Waals surface area contributed by atoms with Crippen molar-refractivity contribution in [1.29, 1.82) is 0 Å². The van der Waals surface area contributed by atoms with Crippen LogP contribution in [0.1, 0.15) is 17.1 Å². The molecule has 3 rings (SSSR count). The lowest BCUT2D eigenvalue weighted by molar-refractivity contribution is -0.137. The van der Waals surface area contributed by atoms with Crippen LogP contribution in [0.4, 0.5) is 24.5 Å². The summed E-state index contributed by atoms with van der Waals surface area (Å²) >= 11 is 11.7. The van der Waals surface area contributed by atoms with E-state index in [1.165, 1.54) is 36.4 Å². The molecule has 0 atom stereocenters. The number of carbonyl (C=O) groups excluding carboxylic acids is 4. The van der Waals surface area contributed by atoms with Crippen LogP contribution >= 0.6 is 23.2 Å². The smallest absolute Gasteiger partial charge is 0.416 e. The van der Waals surface area contributed by atoms with Gasteiger partial charge in [0.2, 0.25) is 0 Å². The molecule has 0 fully saturated rings. The zero-order valence-electron chi connectivity index (χ0n) is 18.9. The van der Waals surface area contributed by atoms with Gasteiger partial charge in [0.1, 0.15) is 11.5 Å². The van der Waals surface area contributed by atoms with Gasteiger partial charge in [0, 0.05) is 21.4 Å². The van der Waals surface area contributed by atoms with Gasteiger partial charge in [-0.15, -0.1) is 0 Å². The van der Waals surface area contributed by atoms with Crippen molar-refractivity contribution in [3.05, 3.63) is 81.7 Å². The first-order chi connectivity index (χ1) is 17.9. The highest BCUT2D eigenvalue weighted by molar-refractivity contribution is 6.40. The highest BCUT2D eigenvalue weighted by Gasteiger charge is 2.30. The summed E-state index contributed by atoms with van der Waals surface area (Å²) in [4.78, 5) is 47.8. The molecule has 198 valence electrons. The Morgan fingerprint density at radius 1 is 0.842 bits per heavy atom. The van der Waals surface area contributed by atoms with Gasteiger partial charge in [-0.05, 0) is 48.5 Å². The summed E-state index contributed by atoms with van der Waals surface area (Å²) in [7, 11) is 0. The van der Waals surface area contributed by atoms with Crippen LogP contribution in [0.2, 0.25) is 10.0 Å². The first-order valence-corrected chi connectivity index (χ1v) is 11.1. The topological polar surface area (TPSA) is 142 Å². The molecule has 4 amide bonds. The molecule has 2 aromatic carbocycles. The number of nitrogens with one attached hydrogen (secondary N) is 4. The summed E-state index contributed by atoms with van der Waals surface area (Å²) in [5.74, 6) is -4.08. The molecule has 0 spiro atoms. The molecule has 10 nitrogen and oxygen atoms in total. The SMILES string of the molecule is O=C(NCc1ccc(/C=N/NC(=O)C(=O)Nc2cccc(C(F)(F)F)c2)o1)C(=O)Nc1cc(Cl)cc(Cl)c1. The third-order valence-electron chi connectivity index (χ3n) is 4.44. The normalized spacial score (nSPS) is 11.2. The molecule has 0 unspecified atom stereocenters. The second-order valence-corrected chi connectivity index (χ2v) is 8.20. The summed E-state index contributed by atoms with van der Waals surface area (Å²) in [6.45, 7) is -0.165. The van der Waals surface area contributed by atoms with Crippen LogP contribution in [0.3, 0.4) is 0 Å². The Morgan fingerprint density at radius 3 is 2.18 bits per heavy atom. The maximum absolute atomic E-state index is 12.8. The molecule has 38 heavy (non-hydrogen) atoms. The van der Waals surface area contributed by atoms with Gasteiger partial charge in [-0.3, -0.25) is 19.2 Å². The predicted molar refractivity (Wildman–Crippen MR) is 131 cm³/mol. The van der Waals surface area contributed by atoms with Crippen LogP contribution in [0.5, 0.6) is 0 Å². The van der Waals surface area contributed by atoms with E-state index < -0.39 is 35.4 Å². The summed E-state index contributed by atoms with van der Waals surface area (Å²) in [5, 5.41) is 10.8. The highest BCUT2D eigenvalue weighted by Crippen LogP contribution is 2.30. The number of halogens is 5. The van der Waals surface area contributed by atoms with Crippen molar-refractivity contribution in [2.24, 2.45) is 5.10 Å². The Bertz CT molecular complexity index is 1390. The van der Waals surface area contributed by atoms with Crippen LogP contribution < -0.4 is 21.4 Å². The Labute approximate surface area is 222 Å². The number of nitrogens with zero attached hydrogens (tertiary/aromatic N) is 1. The molecule has 0 bridgehead atoms. The van der Waals surface area contributed by atoms with E-state index in [0.717, 1.165) is 18.3 Å². The Kier molecular flexibility index (Phi) is 9.10. The van der Waals surface area contributed by atoms with E-state index in [-0.39, 0.29) is 39.5 Å². The first kappa shape index (κ1) is 28.2. The number of hydrogen-bond donors (Lipinski definition) is 4. The lowest BCUT2D eigenvalue weighted by Gasteiger charge is -2.09. The lowest BCUT2D eigenvalue weighted by Crippen LogP contribution is -2.34. The van der Waals surface area contributed by atoms with Crippen LogP contribution in [0, 0.1) is 0 Å². The van der Waals surface area contributed by atoms with Gasteiger partial charge < -0.3 is 20.4 Å². The van der Waals surface area contributed by atoms with E-state index in [1.807, 2.05) is 10.7 Å². The van der Waals surface area contributed by atoms with Crippen molar-refractivity contribution in [3.8, 4) is 0 Å². The zero-order valence-corrected chi connectivity index (χ0v) is 20.4. The summed E-state index contributed by atoms with van der Waals surface area (Å²) in [6, 6.07) is 10.9. The van der Waals surface area contributed by atoms with Gasteiger partial charge in [-0.2, -0.15) is 18.3 Å². The lowest BCUT2D eigenvalue weighted by atomic mass is 10.2. The van der Waals surface area contributed by atoms with E-state index >= 15 is 0 Å². The predicted octanol–water partition coefficient (Wildman–Crippen LogP) is 3.95. The van der Waals surface area contributed by atoms with Gasteiger partial charge in [0.05, 0.1) is 18.3 Å². The van der Waals surface area contributed by atoms with Gasteiger partial charge in [-0.1, -0.05) is 29.3 Å². The molecular weight excluding hydrogens is 554 g/mol. The molecule has 0 aliphatic carbocycles. The number of carbonyl (C=O) groups is 4. The highest BCUT2D eigenvalue weighted by atomic mass is 35.5. The standard InChI is InChI=1S/C23H16Cl2F3N5O5/c24-13-7-14(25)9-16(8-13)32-20(35)19(34)29-10-17-4-5-18(38-17)11-30-33-22(37)21(36)31-15-3-1-2-12(6-15)23(26,27)28/h1-9,11H,10H2,(H,29,34)(H,31,36)(H,32,35)(H,33,37)/b30-11+. The van der Waals surface area contributed by atoms with Crippen LogP contribution in [0.25, 0.3) is 0 Å². The molecule has 1 heterocycles. The minimum Gasteiger partial charge on any atom is -0.458 e. The van der Waals surface area contributed by atoms with Gasteiger partial charge >= 0.3 is 29.8 Å². The second-order valence-electron chi connectivity index (χ2n) is 7.33. The molecule has 3 aromatic rings. The van der Waals surface area contributed by atoms with Crippen LogP contribution in [0.15, 0.2) is 64.1 Å². The van der Waals surface area contributed by atoms with Crippen molar-refractivity contribution < 1.29 is 36.8 Å². The molecule has 1 aromatic heterocycles.